The Kier molecular flexibility index (Phi) is 9.69. The highest BCUT2D eigenvalue weighted by atomic mass is 79.9. The van der Waals surface area contributed by atoms with Gasteiger partial charge >= 0.3 is 11.9 Å². The predicted octanol–water partition coefficient (Wildman–Crippen LogP) is 4.40. The van der Waals surface area contributed by atoms with Crippen molar-refractivity contribution in [3.05, 3.63) is 35.9 Å². The molecule has 0 spiro atoms. The number of esters is 2. The Morgan fingerprint density at radius 1 is 0.917 bits per heavy atom. The van der Waals surface area contributed by atoms with Crippen molar-refractivity contribution in [1.29, 1.82) is 0 Å². The molecule has 0 radical (unpaired) electrons. The Labute approximate surface area is 153 Å². The van der Waals surface area contributed by atoms with Gasteiger partial charge in [-0.3, -0.25) is 9.59 Å². The normalized spacial score (nSPS) is 11.1. The standard InChI is InChI=1S/C19H27BrO4/c1-3-23-17(21)19(18(22)24-4-2,14-10-5-6-11-15-20)16-12-8-7-9-13-16/h7-9,12-13H,3-6,10-11,14-15H2,1-2H3. The fourth-order valence-corrected chi connectivity index (χ4v) is 3.13. The maximum absolute atomic E-state index is 12.8. The molecule has 0 fully saturated rings. The third-order valence-electron chi connectivity index (χ3n) is 3.95. The molecular weight excluding hydrogens is 372 g/mol. The molecule has 0 unspecified atom stereocenters. The minimum Gasteiger partial charge on any atom is -0.465 e. The van der Waals surface area contributed by atoms with Gasteiger partial charge in [0.25, 0.3) is 0 Å². The average molecular weight is 399 g/mol. The molecule has 0 saturated heterocycles. The lowest BCUT2D eigenvalue weighted by molar-refractivity contribution is -0.165. The van der Waals surface area contributed by atoms with Crippen LogP contribution in [0.4, 0.5) is 0 Å². The van der Waals surface area contributed by atoms with Gasteiger partial charge in [0, 0.05) is 5.33 Å². The summed E-state index contributed by atoms with van der Waals surface area (Å²) >= 11 is 3.42. The lowest BCUT2D eigenvalue weighted by Gasteiger charge is -2.29. The zero-order valence-corrected chi connectivity index (χ0v) is 16.1. The maximum atomic E-state index is 12.8. The highest BCUT2D eigenvalue weighted by molar-refractivity contribution is 9.09. The highest BCUT2D eigenvalue weighted by Gasteiger charge is 2.49. The second kappa shape index (κ2) is 11.2. The summed E-state index contributed by atoms with van der Waals surface area (Å²) in [5.41, 5.74) is -0.732. The van der Waals surface area contributed by atoms with E-state index >= 15 is 0 Å². The van der Waals surface area contributed by atoms with Crippen LogP contribution in [0, 0.1) is 0 Å². The van der Waals surface area contributed by atoms with E-state index in [0.717, 1.165) is 31.0 Å². The molecule has 0 aliphatic carbocycles. The number of hydrogen-bond donors (Lipinski definition) is 0. The van der Waals surface area contributed by atoms with Crippen molar-refractivity contribution in [2.75, 3.05) is 18.5 Å². The van der Waals surface area contributed by atoms with Gasteiger partial charge in [-0.2, -0.15) is 0 Å². The van der Waals surface area contributed by atoms with Crippen LogP contribution in [0.3, 0.4) is 0 Å². The summed E-state index contributed by atoms with van der Waals surface area (Å²) in [6.07, 6.45) is 4.26. The molecule has 5 heteroatoms. The lowest BCUT2D eigenvalue weighted by atomic mass is 9.76. The van der Waals surface area contributed by atoms with Crippen molar-refractivity contribution >= 4 is 27.9 Å². The number of benzene rings is 1. The maximum Gasteiger partial charge on any atom is 0.328 e. The summed E-state index contributed by atoms with van der Waals surface area (Å²) < 4.78 is 10.5. The molecule has 0 N–H and O–H groups in total. The van der Waals surface area contributed by atoms with Crippen molar-refractivity contribution in [3.8, 4) is 0 Å². The molecule has 24 heavy (non-hydrogen) atoms. The Morgan fingerprint density at radius 3 is 1.96 bits per heavy atom. The Bertz CT molecular complexity index is 483. The summed E-state index contributed by atoms with van der Waals surface area (Å²) in [6, 6.07) is 9.11. The summed E-state index contributed by atoms with van der Waals surface area (Å²) in [6.45, 7) is 3.95. The van der Waals surface area contributed by atoms with Gasteiger partial charge in [0.05, 0.1) is 13.2 Å². The van der Waals surface area contributed by atoms with E-state index in [4.69, 9.17) is 9.47 Å². The first-order chi connectivity index (χ1) is 11.6. The minimum absolute atomic E-state index is 0.233. The van der Waals surface area contributed by atoms with E-state index in [0.29, 0.717) is 12.0 Å². The first kappa shape index (κ1) is 20.7. The molecule has 0 atom stereocenters. The fraction of sp³-hybridized carbons (Fsp3) is 0.579. The van der Waals surface area contributed by atoms with Crippen molar-refractivity contribution in [1.82, 2.24) is 0 Å². The fourth-order valence-electron chi connectivity index (χ4n) is 2.74. The Balaban J connectivity index is 3.12. The molecule has 4 nitrogen and oxygen atoms in total. The van der Waals surface area contributed by atoms with Gasteiger partial charge in [0.15, 0.2) is 5.41 Å². The van der Waals surface area contributed by atoms with Gasteiger partial charge < -0.3 is 9.47 Å². The number of halogens is 1. The number of alkyl halides is 1. The summed E-state index contributed by atoms with van der Waals surface area (Å²) in [4.78, 5) is 25.5. The molecule has 1 aromatic rings. The first-order valence-electron chi connectivity index (χ1n) is 8.59. The van der Waals surface area contributed by atoms with Gasteiger partial charge in [-0.25, -0.2) is 0 Å². The number of unbranched alkanes of at least 4 members (excludes halogenated alkanes) is 3. The third-order valence-corrected chi connectivity index (χ3v) is 4.51. The lowest BCUT2D eigenvalue weighted by Crippen LogP contribution is -2.46. The number of hydrogen-bond acceptors (Lipinski definition) is 4. The van der Waals surface area contributed by atoms with Crippen molar-refractivity contribution in [3.63, 3.8) is 0 Å². The van der Waals surface area contributed by atoms with E-state index in [1.165, 1.54) is 0 Å². The van der Waals surface area contributed by atoms with E-state index in [1.807, 2.05) is 18.2 Å². The topological polar surface area (TPSA) is 52.6 Å². The van der Waals surface area contributed by atoms with Crippen LogP contribution in [0.15, 0.2) is 30.3 Å². The zero-order chi connectivity index (χ0) is 17.8. The van der Waals surface area contributed by atoms with Crippen LogP contribution < -0.4 is 0 Å². The smallest absolute Gasteiger partial charge is 0.328 e. The van der Waals surface area contributed by atoms with E-state index in [-0.39, 0.29) is 13.2 Å². The van der Waals surface area contributed by atoms with Crippen molar-refractivity contribution < 1.29 is 19.1 Å². The number of carbonyl (C=O) groups excluding carboxylic acids is 2. The molecule has 0 heterocycles. The van der Waals surface area contributed by atoms with Crippen LogP contribution in [0.1, 0.15) is 51.5 Å². The molecule has 0 saturated carbocycles. The van der Waals surface area contributed by atoms with Gasteiger partial charge in [0.1, 0.15) is 0 Å². The summed E-state index contributed by atoms with van der Waals surface area (Å²) in [5.74, 6) is -1.04. The van der Waals surface area contributed by atoms with Gasteiger partial charge in [0.2, 0.25) is 0 Å². The first-order valence-corrected chi connectivity index (χ1v) is 9.71. The van der Waals surface area contributed by atoms with E-state index in [1.54, 1.807) is 26.0 Å². The molecule has 1 rings (SSSR count). The van der Waals surface area contributed by atoms with E-state index in [2.05, 4.69) is 15.9 Å². The highest BCUT2D eigenvalue weighted by Crippen LogP contribution is 2.34. The van der Waals surface area contributed by atoms with Gasteiger partial charge in [-0.05, 0) is 32.3 Å². The van der Waals surface area contributed by atoms with Crippen LogP contribution in [-0.4, -0.2) is 30.5 Å². The molecule has 0 aliphatic heterocycles. The summed E-state index contributed by atoms with van der Waals surface area (Å²) in [5, 5.41) is 0.965. The number of rotatable bonds is 11. The number of carbonyl (C=O) groups is 2. The zero-order valence-electron chi connectivity index (χ0n) is 14.6. The molecular formula is C19H27BrO4. The molecule has 0 aromatic heterocycles. The average Bonchev–Trinajstić information content (AvgIpc) is 2.59. The van der Waals surface area contributed by atoms with E-state index < -0.39 is 17.4 Å². The van der Waals surface area contributed by atoms with Crippen molar-refractivity contribution in [2.24, 2.45) is 0 Å². The Morgan fingerprint density at radius 2 is 1.46 bits per heavy atom. The molecule has 134 valence electrons. The van der Waals surface area contributed by atoms with Crippen LogP contribution >= 0.6 is 15.9 Å². The largest absolute Gasteiger partial charge is 0.465 e. The second-order valence-corrected chi connectivity index (χ2v) is 6.36. The minimum atomic E-state index is -1.37. The third kappa shape index (κ3) is 5.33. The van der Waals surface area contributed by atoms with Crippen LogP contribution in [0.5, 0.6) is 0 Å². The second-order valence-electron chi connectivity index (χ2n) is 5.57. The predicted molar refractivity (Wildman–Crippen MR) is 98.3 cm³/mol. The van der Waals surface area contributed by atoms with Crippen LogP contribution in [0.25, 0.3) is 0 Å². The molecule has 0 amide bonds. The van der Waals surface area contributed by atoms with E-state index in [9.17, 15) is 9.59 Å². The van der Waals surface area contributed by atoms with Gasteiger partial charge in [-0.1, -0.05) is 65.5 Å². The monoisotopic (exact) mass is 398 g/mol. The van der Waals surface area contributed by atoms with Gasteiger partial charge in [-0.15, -0.1) is 0 Å². The molecule has 1 aromatic carbocycles. The number of ether oxygens (including phenoxy) is 2. The van der Waals surface area contributed by atoms with Crippen LogP contribution in [-0.2, 0) is 24.5 Å². The Hall–Kier alpha value is -1.36. The van der Waals surface area contributed by atoms with Crippen LogP contribution in [0.2, 0.25) is 0 Å². The molecule has 0 bridgehead atoms. The van der Waals surface area contributed by atoms with Crippen molar-refractivity contribution in [2.45, 2.75) is 51.4 Å². The SMILES string of the molecule is CCOC(=O)C(CCCCCCBr)(C(=O)OCC)c1ccccc1. The quantitative estimate of drug-likeness (QED) is 0.240. The summed E-state index contributed by atoms with van der Waals surface area (Å²) in [7, 11) is 0. The molecule has 0 aliphatic rings.